The number of amides is 1. The maximum Gasteiger partial charge on any atom is 0.412 e. The standard InChI is InChI=1S/C25H34ClN3O2/c1-2-3-4-5-6-7-27-25(30)31-20-13-22(26)21-15-29-19-11-16-8-17(12-19)10-18(9-16)24(29)28-23(21)14-20/h13-14,16-19H,2-12,15H2,1H3,(H,27,30). The van der Waals surface area contributed by atoms with Crippen molar-refractivity contribution < 1.29 is 9.53 Å². The fourth-order valence-electron chi connectivity index (χ4n) is 6.34. The summed E-state index contributed by atoms with van der Waals surface area (Å²) in [5.41, 5.74) is 1.94. The molecular formula is C25H34ClN3O2. The molecule has 5 nitrogen and oxygen atoms in total. The van der Waals surface area contributed by atoms with Crippen LogP contribution < -0.4 is 10.1 Å². The predicted octanol–water partition coefficient (Wildman–Crippen LogP) is 6.45. The van der Waals surface area contributed by atoms with Crippen LogP contribution in [0.15, 0.2) is 17.1 Å². The summed E-state index contributed by atoms with van der Waals surface area (Å²) < 4.78 is 5.54. The van der Waals surface area contributed by atoms with E-state index in [9.17, 15) is 4.79 Å². The summed E-state index contributed by atoms with van der Waals surface area (Å²) in [4.78, 5) is 19.9. The molecule has 0 spiro atoms. The molecule has 2 unspecified atom stereocenters. The number of fused-ring (bicyclic) bond motifs is 1. The van der Waals surface area contributed by atoms with Gasteiger partial charge in [0.15, 0.2) is 0 Å². The Hall–Kier alpha value is -1.75. The Labute approximate surface area is 190 Å². The maximum atomic E-state index is 12.2. The number of hydrogen-bond donors (Lipinski definition) is 1. The molecule has 2 saturated heterocycles. The first-order chi connectivity index (χ1) is 15.1. The smallest absolute Gasteiger partial charge is 0.410 e. The van der Waals surface area contributed by atoms with Gasteiger partial charge in [0.1, 0.15) is 11.6 Å². The Bertz CT molecular complexity index is 857. The molecule has 1 N–H and O–H groups in total. The Morgan fingerprint density at radius 1 is 1.13 bits per heavy atom. The topological polar surface area (TPSA) is 53.9 Å². The Morgan fingerprint density at radius 2 is 1.90 bits per heavy atom. The number of carbonyl (C=O) groups is 1. The summed E-state index contributed by atoms with van der Waals surface area (Å²) >= 11 is 6.65. The van der Waals surface area contributed by atoms with E-state index in [0.717, 1.165) is 42.5 Å². The molecule has 4 fully saturated rings. The number of amidine groups is 1. The molecule has 31 heavy (non-hydrogen) atoms. The van der Waals surface area contributed by atoms with E-state index >= 15 is 0 Å². The van der Waals surface area contributed by atoms with Gasteiger partial charge in [-0.2, -0.15) is 0 Å². The molecule has 5 aliphatic rings. The third kappa shape index (κ3) is 4.44. The van der Waals surface area contributed by atoms with Gasteiger partial charge in [0.05, 0.1) is 10.7 Å². The van der Waals surface area contributed by atoms with Crippen LogP contribution >= 0.6 is 11.6 Å². The minimum atomic E-state index is -0.415. The average molecular weight is 444 g/mol. The second-order valence-corrected chi connectivity index (χ2v) is 10.4. The zero-order valence-corrected chi connectivity index (χ0v) is 19.3. The number of nitrogens with zero attached hydrogens (tertiary/aromatic N) is 2. The van der Waals surface area contributed by atoms with E-state index in [0.29, 0.717) is 29.3 Å². The summed E-state index contributed by atoms with van der Waals surface area (Å²) in [5, 5.41) is 3.50. The van der Waals surface area contributed by atoms with Gasteiger partial charge < -0.3 is 15.0 Å². The van der Waals surface area contributed by atoms with Crippen molar-refractivity contribution in [1.29, 1.82) is 0 Å². The zero-order chi connectivity index (χ0) is 21.4. The molecule has 3 aliphatic heterocycles. The number of benzene rings is 1. The minimum absolute atomic E-state index is 0.415. The molecule has 6 heteroatoms. The number of rotatable bonds is 7. The van der Waals surface area contributed by atoms with E-state index in [4.69, 9.17) is 21.3 Å². The SMILES string of the molecule is CCCCCCCNC(=O)Oc1cc(Cl)c2c(c1)N=C1C3CC4CC(C3)CC(C4)N1C2. The van der Waals surface area contributed by atoms with E-state index in [-0.39, 0.29) is 0 Å². The molecule has 1 amide bonds. The highest BCUT2D eigenvalue weighted by Crippen LogP contribution is 2.51. The van der Waals surface area contributed by atoms with Crippen molar-refractivity contribution in [2.45, 2.75) is 83.7 Å². The first kappa shape index (κ1) is 21.1. The van der Waals surface area contributed by atoms with Crippen molar-refractivity contribution in [3.05, 3.63) is 22.7 Å². The number of halogens is 1. The van der Waals surface area contributed by atoms with Crippen LogP contribution in [0.2, 0.25) is 5.02 Å². The summed E-state index contributed by atoms with van der Waals surface area (Å²) in [7, 11) is 0. The van der Waals surface area contributed by atoms with Gasteiger partial charge in [0.25, 0.3) is 0 Å². The number of carbonyl (C=O) groups excluding carboxylic acids is 1. The van der Waals surface area contributed by atoms with Crippen LogP contribution in [-0.2, 0) is 6.54 Å². The van der Waals surface area contributed by atoms with Gasteiger partial charge in [-0.25, -0.2) is 9.79 Å². The lowest BCUT2D eigenvalue weighted by atomic mass is 9.68. The van der Waals surface area contributed by atoms with Crippen LogP contribution in [0.1, 0.15) is 76.7 Å². The predicted molar refractivity (Wildman–Crippen MR) is 124 cm³/mol. The molecular weight excluding hydrogens is 410 g/mol. The molecule has 0 aromatic heterocycles. The number of nitrogens with one attached hydrogen (secondary N) is 1. The van der Waals surface area contributed by atoms with Gasteiger partial charge >= 0.3 is 6.09 Å². The molecule has 2 aliphatic carbocycles. The largest absolute Gasteiger partial charge is 0.412 e. The first-order valence-corrected chi connectivity index (χ1v) is 12.6. The highest BCUT2D eigenvalue weighted by atomic mass is 35.5. The number of unbranched alkanes of at least 4 members (excludes halogenated alkanes) is 4. The van der Waals surface area contributed by atoms with Gasteiger partial charge in [-0.15, -0.1) is 0 Å². The van der Waals surface area contributed by atoms with Gasteiger partial charge in [-0.3, -0.25) is 0 Å². The van der Waals surface area contributed by atoms with E-state index in [1.807, 2.05) is 6.07 Å². The maximum absolute atomic E-state index is 12.2. The number of hydrogen-bond acceptors (Lipinski definition) is 4. The Kier molecular flexibility index (Phi) is 6.14. The molecule has 2 saturated carbocycles. The molecule has 4 bridgehead atoms. The fourth-order valence-corrected chi connectivity index (χ4v) is 6.60. The zero-order valence-electron chi connectivity index (χ0n) is 18.5. The summed E-state index contributed by atoms with van der Waals surface area (Å²) in [6, 6.07) is 4.27. The highest BCUT2D eigenvalue weighted by Gasteiger charge is 2.46. The average Bonchev–Trinajstić information content (AvgIpc) is 2.90. The van der Waals surface area contributed by atoms with Crippen LogP contribution in [-0.4, -0.2) is 29.4 Å². The molecule has 0 radical (unpaired) electrons. The molecule has 3 heterocycles. The third-order valence-corrected chi connectivity index (χ3v) is 8.02. The molecule has 1 aromatic rings. The van der Waals surface area contributed by atoms with E-state index in [1.54, 1.807) is 6.07 Å². The first-order valence-electron chi connectivity index (χ1n) is 12.2. The molecule has 1 aromatic carbocycles. The molecule has 168 valence electrons. The van der Waals surface area contributed by atoms with Crippen LogP contribution in [0.4, 0.5) is 10.5 Å². The lowest BCUT2D eigenvalue weighted by molar-refractivity contribution is 0.128. The minimum Gasteiger partial charge on any atom is -0.410 e. The highest BCUT2D eigenvalue weighted by molar-refractivity contribution is 6.32. The van der Waals surface area contributed by atoms with E-state index in [2.05, 4.69) is 17.1 Å². The van der Waals surface area contributed by atoms with E-state index in [1.165, 1.54) is 57.2 Å². The van der Waals surface area contributed by atoms with Gasteiger partial charge in [0.2, 0.25) is 0 Å². The van der Waals surface area contributed by atoms with Crippen LogP contribution in [0.5, 0.6) is 5.75 Å². The second kappa shape index (κ2) is 9.01. The summed E-state index contributed by atoms with van der Waals surface area (Å²) in [5.74, 6) is 4.03. The number of ether oxygens (including phenoxy) is 1. The lowest BCUT2D eigenvalue weighted by Crippen LogP contribution is -2.42. The van der Waals surface area contributed by atoms with Crippen molar-refractivity contribution in [3.63, 3.8) is 0 Å². The van der Waals surface area contributed by atoms with Crippen molar-refractivity contribution >= 4 is 29.2 Å². The van der Waals surface area contributed by atoms with Crippen molar-refractivity contribution in [1.82, 2.24) is 10.2 Å². The van der Waals surface area contributed by atoms with E-state index < -0.39 is 6.09 Å². The fraction of sp³-hybridized carbons (Fsp3) is 0.680. The monoisotopic (exact) mass is 443 g/mol. The van der Waals surface area contributed by atoms with Crippen LogP contribution in [0, 0.1) is 17.8 Å². The molecule has 6 rings (SSSR count). The van der Waals surface area contributed by atoms with Gasteiger partial charge in [0, 0.05) is 42.7 Å². The summed E-state index contributed by atoms with van der Waals surface area (Å²) in [6.07, 6.45) is 12.0. The van der Waals surface area contributed by atoms with Gasteiger partial charge in [-0.1, -0.05) is 44.2 Å². The third-order valence-electron chi connectivity index (χ3n) is 7.68. The van der Waals surface area contributed by atoms with Crippen molar-refractivity contribution in [2.24, 2.45) is 22.7 Å². The number of aliphatic imine (C=N–C) groups is 1. The quantitative estimate of drug-likeness (QED) is 0.492. The lowest BCUT2D eigenvalue weighted by Gasteiger charge is -2.39. The van der Waals surface area contributed by atoms with Gasteiger partial charge in [-0.05, 0) is 50.4 Å². The van der Waals surface area contributed by atoms with Crippen molar-refractivity contribution in [2.75, 3.05) is 6.54 Å². The Balaban J connectivity index is 1.27. The normalized spacial score (nSPS) is 27.9. The summed E-state index contributed by atoms with van der Waals surface area (Å²) in [6.45, 7) is 3.67. The second-order valence-electron chi connectivity index (χ2n) is 9.99. The Morgan fingerprint density at radius 3 is 2.68 bits per heavy atom. The van der Waals surface area contributed by atoms with Crippen LogP contribution in [0.25, 0.3) is 0 Å². The van der Waals surface area contributed by atoms with Crippen molar-refractivity contribution in [3.8, 4) is 5.75 Å². The van der Waals surface area contributed by atoms with Crippen LogP contribution in [0.3, 0.4) is 0 Å². The molecule has 2 atom stereocenters.